The van der Waals surface area contributed by atoms with Crippen molar-refractivity contribution < 1.29 is 4.79 Å². The van der Waals surface area contributed by atoms with Crippen LogP contribution in [0, 0.1) is 5.92 Å². The summed E-state index contributed by atoms with van der Waals surface area (Å²) in [6.45, 7) is 10.3. The maximum absolute atomic E-state index is 11.9. The van der Waals surface area contributed by atoms with Crippen LogP contribution in [0.2, 0.25) is 0 Å². The molecule has 1 amide bonds. The van der Waals surface area contributed by atoms with Crippen LogP contribution < -0.4 is 5.73 Å². The van der Waals surface area contributed by atoms with Crippen molar-refractivity contribution in [1.82, 2.24) is 4.90 Å². The quantitative estimate of drug-likeness (QED) is 0.761. The number of carbonyl (C=O) groups is 1. The summed E-state index contributed by atoms with van der Waals surface area (Å²) in [5.41, 5.74) is 5.82. The molecule has 1 unspecified atom stereocenters. The number of nitrogens with zero attached hydrogens (tertiary/aromatic N) is 1. The highest BCUT2D eigenvalue weighted by atomic mass is 16.2. The maximum atomic E-state index is 11.9. The van der Waals surface area contributed by atoms with Crippen molar-refractivity contribution in [2.24, 2.45) is 11.7 Å². The van der Waals surface area contributed by atoms with Gasteiger partial charge in [-0.2, -0.15) is 0 Å². The van der Waals surface area contributed by atoms with Crippen LogP contribution in [-0.4, -0.2) is 29.4 Å². The Morgan fingerprint density at radius 3 is 2.20 bits per heavy atom. The van der Waals surface area contributed by atoms with E-state index in [1.54, 1.807) is 0 Å². The van der Waals surface area contributed by atoms with E-state index < -0.39 is 0 Å². The Kier molecular flexibility index (Phi) is 5.29. The fourth-order valence-corrected chi connectivity index (χ4v) is 1.15. The Balaban J connectivity index is 4.34. The molecule has 3 nitrogen and oxygen atoms in total. The van der Waals surface area contributed by atoms with Gasteiger partial charge in [0.15, 0.2) is 0 Å². The largest absolute Gasteiger partial charge is 0.341 e. The summed E-state index contributed by atoms with van der Waals surface area (Å²) in [5.74, 6) is 0.495. The van der Waals surface area contributed by atoms with Crippen molar-refractivity contribution >= 4 is 5.91 Å². The zero-order chi connectivity index (χ0) is 12.2. The van der Waals surface area contributed by atoms with E-state index in [0.717, 1.165) is 6.42 Å². The molecule has 15 heavy (non-hydrogen) atoms. The highest BCUT2D eigenvalue weighted by Crippen LogP contribution is 2.18. The van der Waals surface area contributed by atoms with Gasteiger partial charge in [-0.25, -0.2) is 0 Å². The summed E-state index contributed by atoms with van der Waals surface area (Å²) in [6, 6.07) is -0.0346. The first kappa shape index (κ1) is 14.4. The van der Waals surface area contributed by atoms with Gasteiger partial charge in [0, 0.05) is 25.0 Å². The molecule has 0 heterocycles. The van der Waals surface area contributed by atoms with Crippen molar-refractivity contribution in [3.8, 4) is 0 Å². The number of hydrogen-bond donors (Lipinski definition) is 1. The predicted molar refractivity (Wildman–Crippen MR) is 64.6 cm³/mol. The monoisotopic (exact) mass is 214 g/mol. The van der Waals surface area contributed by atoms with E-state index in [4.69, 9.17) is 5.73 Å². The summed E-state index contributed by atoms with van der Waals surface area (Å²) in [4.78, 5) is 13.7. The molecule has 1 atom stereocenters. The van der Waals surface area contributed by atoms with Crippen LogP contribution in [0.4, 0.5) is 0 Å². The minimum absolute atomic E-state index is 0.0346. The molecule has 0 radical (unpaired) electrons. The number of hydrogen-bond acceptors (Lipinski definition) is 2. The molecule has 0 aliphatic heterocycles. The first-order valence-electron chi connectivity index (χ1n) is 5.74. The van der Waals surface area contributed by atoms with E-state index in [-0.39, 0.29) is 17.5 Å². The summed E-state index contributed by atoms with van der Waals surface area (Å²) >= 11 is 0. The molecule has 0 aliphatic carbocycles. The van der Waals surface area contributed by atoms with E-state index in [9.17, 15) is 4.79 Å². The molecule has 0 aliphatic rings. The predicted octanol–water partition coefficient (Wildman–Crippen LogP) is 2.01. The fourth-order valence-electron chi connectivity index (χ4n) is 1.15. The maximum Gasteiger partial charge on any atom is 0.224 e. The molecule has 0 saturated heterocycles. The van der Waals surface area contributed by atoms with Crippen molar-refractivity contribution in [3.05, 3.63) is 0 Å². The van der Waals surface area contributed by atoms with Gasteiger partial charge in [0.1, 0.15) is 0 Å². The average Bonchev–Trinajstić information content (AvgIpc) is 2.16. The van der Waals surface area contributed by atoms with Crippen molar-refractivity contribution in [2.45, 2.75) is 59.0 Å². The lowest BCUT2D eigenvalue weighted by molar-refractivity contribution is -0.135. The second-order valence-corrected chi connectivity index (χ2v) is 5.23. The van der Waals surface area contributed by atoms with E-state index in [1.807, 2.05) is 25.8 Å². The summed E-state index contributed by atoms with van der Waals surface area (Å²) in [6.07, 6.45) is 1.39. The number of carbonyl (C=O) groups excluding carboxylic acids is 1. The molecule has 0 bridgehead atoms. The number of amides is 1. The number of rotatable bonds is 5. The number of nitrogens with two attached hydrogens (primary N) is 1. The van der Waals surface area contributed by atoms with Crippen LogP contribution in [0.3, 0.4) is 0 Å². The molecule has 90 valence electrons. The summed E-state index contributed by atoms with van der Waals surface area (Å²) in [5, 5.41) is 0. The first-order valence-corrected chi connectivity index (χ1v) is 5.74. The lowest BCUT2D eigenvalue weighted by atomic mass is 9.97. The highest BCUT2D eigenvalue weighted by Gasteiger charge is 2.26. The van der Waals surface area contributed by atoms with Crippen molar-refractivity contribution in [3.63, 3.8) is 0 Å². The highest BCUT2D eigenvalue weighted by molar-refractivity contribution is 5.77. The van der Waals surface area contributed by atoms with Gasteiger partial charge < -0.3 is 10.6 Å². The van der Waals surface area contributed by atoms with Gasteiger partial charge in [-0.05, 0) is 26.2 Å². The van der Waals surface area contributed by atoms with Crippen LogP contribution in [-0.2, 0) is 4.79 Å². The van der Waals surface area contributed by atoms with Crippen LogP contribution in [0.15, 0.2) is 0 Å². The Labute approximate surface area is 94.0 Å². The molecule has 2 N–H and O–H groups in total. The lowest BCUT2D eigenvalue weighted by Gasteiger charge is -2.35. The van der Waals surface area contributed by atoms with Crippen LogP contribution in [0.25, 0.3) is 0 Å². The molecule has 0 aromatic rings. The van der Waals surface area contributed by atoms with Crippen LogP contribution in [0.5, 0.6) is 0 Å². The van der Waals surface area contributed by atoms with Gasteiger partial charge in [0.2, 0.25) is 5.91 Å². The Morgan fingerprint density at radius 2 is 1.87 bits per heavy atom. The normalized spacial score (nSPS) is 14.1. The zero-order valence-electron chi connectivity index (χ0n) is 11.0. The van der Waals surface area contributed by atoms with Crippen LogP contribution >= 0.6 is 0 Å². The third-order valence-corrected chi connectivity index (χ3v) is 3.41. The summed E-state index contributed by atoms with van der Waals surface area (Å²) in [7, 11) is 1.86. The molecular weight excluding hydrogens is 188 g/mol. The van der Waals surface area contributed by atoms with E-state index >= 15 is 0 Å². The third-order valence-electron chi connectivity index (χ3n) is 3.41. The topological polar surface area (TPSA) is 46.3 Å². The minimum atomic E-state index is -0.0756. The Hall–Kier alpha value is -0.570. The van der Waals surface area contributed by atoms with Crippen molar-refractivity contribution in [2.75, 3.05) is 7.05 Å². The second kappa shape index (κ2) is 5.50. The molecular formula is C12H26N2O. The van der Waals surface area contributed by atoms with Gasteiger partial charge in [-0.1, -0.05) is 20.8 Å². The second-order valence-electron chi connectivity index (χ2n) is 5.23. The van der Waals surface area contributed by atoms with Gasteiger partial charge in [-0.3, -0.25) is 4.79 Å². The minimum Gasteiger partial charge on any atom is -0.341 e. The van der Waals surface area contributed by atoms with Gasteiger partial charge in [-0.15, -0.1) is 0 Å². The molecule has 0 aromatic heterocycles. The smallest absolute Gasteiger partial charge is 0.224 e. The van der Waals surface area contributed by atoms with Crippen molar-refractivity contribution in [1.29, 1.82) is 0 Å². The van der Waals surface area contributed by atoms with Crippen LogP contribution in [0.1, 0.15) is 47.5 Å². The standard InChI is InChI=1S/C12H26N2O/c1-7-12(4,5)14(6)11(15)8-10(13)9(2)3/h9-10H,7-8,13H2,1-6H3. The Morgan fingerprint density at radius 1 is 1.40 bits per heavy atom. The molecule has 0 saturated carbocycles. The summed E-state index contributed by atoms with van der Waals surface area (Å²) < 4.78 is 0. The fraction of sp³-hybridized carbons (Fsp3) is 0.917. The molecule has 0 aromatic carbocycles. The molecule has 0 spiro atoms. The third kappa shape index (κ3) is 4.20. The SMILES string of the molecule is CCC(C)(C)N(C)C(=O)CC(N)C(C)C. The molecule has 3 heteroatoms. The average molecular weight is 214 g/mol. The van der Waals surface area contributed by atoms with Gasteiger partial charge in [0.05, 0.1) is 0 Å². The first-order chi connectivity index (χ1) is 6.72. The Bertz CT molecular complexity index is 212. The zero-order valence-corrected chi connectivity index (χ0v) is 11.0. The van der Waals surface area contributed by atoms with E-state index in [0.29, 0.717) is 12.3 Å². The molecule has 0 rings (SSSR count). The van der Waals surface area contributed by atoms with E-state index in [2.05, 4.69) is 20.8 Å². The lowest BCUT2D eigenvalue weighted by Crippen LogP contribution is -2.46. The van der Waals surface area contributed by atoms with Gasteiger partial charge in [0.25, 0.3) is 0 Å². The van der Waals surface area contributed by atoms with E-state index in [1.165, 1.54) is 0 Å². The molecule has 0 fully saturated rings. The van der Waals surface area contributed by atoms with Gasteiger partial charge >= 0.3 is 0 Å².